The van der Waals surface area contributed by atoms with E-state index in [4.69, 9.17) is 9.51 Å². The first-order chi connectivity index (χ1) is 14.6. The summed E-state index contributed by atoms with van der Waals surface area (Å²) in [5.41, 5.74) is 6.38. The molecule has 7 nitrogen and oxygen atoms in total. The van der Waals surface area contributed by atoms with Gasteiger partial charge >= 0.3 is 0 Å². The standard InChI is InChI=1S/C23H23N5O2.H2/c1-4-16-9-18(12-26-23(16)29)20-13-25-14(2)22(27-20)21-10-19(28-30-21)17-7-5-15(6-8-17)11-24-3;/h5-10,12-13,24H,4,11H2,1-3H3,(H,26,29);1H. The van der Waals surface area contributed by atoms with Crippen LogP contribution in [0, 0.1) is 6.92 Å². The molecule has 0 amide bonds. The van der Waals surface area contributed by atoms with Crippen LogP contribution in [0.1, 0.15) is 25.2 Å². The van der Waals surface area contributed by atoms with Crippen molar-refractivity contribution in [1.29, 1.82) is 0 Å². The molecule has 1 aromatic carbocycles. The molecule has 0 radical (unpaired) electrons. The Balaban J connectivity index is 0.00000272. The average Bonchev–Trinajstić information content (AvgIpc) is 3.25. The highest BCUT2D eigenvalue weighted by Crippen LogP contribution is 2.28. The Kier molecular flexibility index (Phi) is 5.54. The molecule has 0 spiro atoms. The Bertz CT molecular complexity index is 1230. The quantitative estimate of drug-likeness (QED) is 0.505. The number of pyridine rings is 1. The summed E-state index contributed by atoms with van der Waals surface area (Å²) >= 11 is 0. The van der Waals surface area contributed by atoms with Crippen molar-refractivity contribution in [3.05, 3.63) is 76.0 Å². The van der Waals surface area contributed by atoms with Crippen LogP contribution in [0.15, 0.2) is 58.1 Å². The van der Waals surface area contributed by atoms with Crippen LogP contribution in [-0.4, -0.2) is 27.2 Å². The van der Waals surface area contributed by atoms with Crippen LogP contribution in [0.25, 0.3) is 34.0 Å². The first kappa shape index (κ1) is 19.7. The van der Waals surface area contributed by atoms with Crippen molar-refractivity contribution in [2.24, 2.45) is 0 Å². The van der Waals surface area contributed by atoms with Gasteiger partial charge in [0, 0.05) is 36.9 Å². The van der Waals surface area contributed by atoms with Gasteiger partial charge < -0.3 is 14.8 Å². The van der Waals surface area contributed by atoms with E-state index in [0.29, 0.717) is 29.1 Å². The molecule has 3 aromatic heterocycles. The second-order valence-electron chi connectivity index (χ2n) is 7.09. The van der Waals surface area contributed by atoms with Crippen molar-refractivity contribution in [1.82, 2.24) is 25.4 Å². The number of aromatic amines is 1. The van der Waals surface area contributed by atoms with Gasteiger partial charge in [-0.05, 0) is 32.0 Å². The molecular formula is C23H25N5O2. The molecule has 7 heteroatoms. The van der Waals surface area contributed by atoms with E-state index in [1.54, 1.807) is 12.4 Å². The molecule has 0 bridgehead atoms. The maximum absolute atomic E-state index is 11.9. The van der Waals surface area contributed by atoms with E-state index in [9.17, 15) is 4.79 Å². The largest absolute Gasteiger partial charge is 0.354 e. The number of rotatable bonds is 6. The minimum atomic E-state index is -0.0813. The third-order valence-electron chi connectivity index (χ3n) is 4.99. The molecule has 0 aliphatic heterocycles. The Morgan fingerprint density at radius 3 is 2.67 bits per heavy atom. The lowest BCUT2D eigenvalue weighted by Crippen LogP contribution is -2.11. The van der Waals surface area contributed by atoms with Crippen LogP contribution in [0.5, 0.6) is 0 Å². The highest BCUT2D eigenvalue weighted by atomic mass is 16.5. The van der Waals surface area contributed by atoms with Gasteiger partial charge in [-0.15, -0.1) is 0 Å². The van der Waals surface area contributed by atoms with Crippen molar-refractivity contribution in [2.75, 3.05) is 7.05 Å². The number of hydrogen-bond donors (Lipinski definition) is 2. The predicted molar refractivity (Wildman–Crippen MR) is 118 cm³/mol. The zero-order chi connectivity index (χ0) is 21.1. The van der Waals surface area contributed by atoms with Crippen LogP contribution < -0.4 is 10.9 Å². The van der Waals surface area contributed by atoms with Gasteiger partial charge in [0.2, 0.25) is 0 Å². The third kappa shape index (κ3) is 3.92. The highest BCUT2D eigenvalue weighted by molar-refractivity contribution is 5.68. The van der Waals surface area contributed by atoms with Crippen molar-refractivity contribution in [2.45, 2.75) is 26.8 Å². The summed E-state index contributed by atoms with van der Waals surface area (Å²) in [6.07, 6.45) is 4.00. The molecule has 0 aliphatic carbocycles. The number of hydrogen-bond acceptors (Lipinski definition) is 6. The zero-order valence-corrected chi connectivity index (χ0v) is 17.2. The Labute approximate surface area is 175 Å². The molecule has 2 N–H and O–H groups in total. The van der Waals surface area contributed by atoms with Crippen LogP contribution in [0.4, 0.5) is 0 Å². The van der Waals surface area contributed by atoms with E-state index >= 15 is 0 Å². The monoisotopic (exact) mass is 403 g/mol. The Morgan fingerprint density at radius 1 is 1.13 bits per heavy atom. The molecule has 0 aliphatic rings. The van der Waals surface area contributed by atoms with Gasteiger partial charge in [0.15, 0.2) is 5.76 Å². The van der Waals surface area contributed by atoms with Gasteiger partial charge in [0.1, 0.15) is 11.4 Å². The lowest BCUT2D eigenvalue weighted by atomic mass is 10.1. The van der Waals surface area contributed by atoms with E-state index in [1.165, 1.54) is 5.56 Å². The second kappa shape index (κ2) is 8.42. The molecule has 3 heterocycles. The number of nitrogens with zero attached hydrogens (tertiary/aromatic N) is 3. The first-order valence-corrected chi connectivity index (χ1v) is 9.85. The SMILES string of the molecule is CCc1cc(-c2cnc(C)c(-c3cc(-c4ccc(CNC)cc4)no3)n2)c[nH]c1=O.[HH]. The van der Waals surface area contributed by atoms with Crippen molar-refractivity contribution >= 4 is 0 Å². The topological polar surface area (TPSA) is 96.7 Å². The summed E-state index contributed by atoms with van der Waals surface area (Å²) in [6.45, 7) is 4.64. The smallest absolute Gasteiger partial charge is 0.251 e. The number of benzene rings is 1. The van der Waals surface area contributed by atoms with E-state index in [1.807, 2.05) is 45.2 Å². The van der Waals surface area contributed by atoms with Crippen molar-refractivity contribution in [3.8, 4) is 34.0 Å². The van der Waals surface area contributed by atoms with Gasteiger partial charge in [-0.25, -0.2) is 4.98 Å². The second-order valence-corrected chi connectivity index (χ2v) is 7.09. The molecule has 30 heavy (non-hydrogen) atoms. The fourth-order valence-electron chi connectivity index (χ4n) is 3.28. The van der Waals surface area contributed by atoms with Crippen LogP contribution in [0.3, 0.4) is 0 Å². The third-order valence-corrected chi connectivity index (χ3v) is 4.99. The lowest BCUT2D eigenvalue weighted by Gasteiger charge is -2.06. The predicted octanol–water partition coefficient (Wildman–Crippen LogP) is 3.99. The molecular weight excluding hydrogens is 378 g/mol. The highest BCUT2D eigenvalue weighted by Gasteiger charge is 2.15. The normalized spacial score (nSPS) is 11.0. The summed E-state index contributed by atoms with van der Waals surface area (Å²) in [7, 11) is 1.92. The molecule has 4 aromatic rings. The lowest BCUT2D eigenvalue weighted by molar-refractivity contribution is 0.433. The van der Waals surface area contributed by atoms with Crippen molar-refractivity contribution < 1.29 is 5.95 Å². The molecule has 4 rings (SSSR count). The summed E-state index contributed by atoms with van der Waals surface area (Å²) in [5.74, 6) is 0.552. The molecule has 0 saturated heterocycles. The summed E-state index contributed by atoms with van der Waals surface area (Å²) < 4.78 is 5.60. The van der Waals surface area contributed by atoms with Crippen LogP contribution in [0.2, 0.25) is 0 Å². The minimum absolute atomic E-state index is 0. The Morgan fingerprint density at radius 2 is 1.93 bits per heavy atom. The molecule has 0 unspecified atom stereocenters. The fourth-order valence-corrected chi connectivity index (χ4v) is 3.28. The van der Waals surface area contributed by atoms with E-state index in [2.05, 4.69) is 32.6 Å². The van der Waals surface area contributed by atoms with Gasteiger partial charge in [-0.2, -0.15) is 0 Å². The van der Waals surface area contributed by atoms with Crippen LogP contribution in [-0.2, 0) is 13.0 Å². The van der Waals surface area contributed by atoms with Crippen molar-refractivity contribution in [3.63, 3.8) is 0 Å². The minimum Gasteiger partial charge on any atom is -0.354 e. The van der Waals surface area contributed by atoms with E-state index < -0.39 is 0 Å². The van der Waals surface area contributed by atoms with Crippen LogP contribution >= 0.6 is 0 Å². The number of H-pyrrole nitrogens is 1. The van der Waals surface area contributed by atoms with Gasteiger partial charge in [-0.3, -0.25) is 9.78 Å². The van der Waals surface area contributed by atoms with E-state index in [-0.39, 0.29) is 6.99 Å². The molecule has 0 fully saturated rings. The number of aromatic nitrogens is 4. The van der Waals surface area contributed by atoms with Gasteiger partial charge in [-0.1, -0.05) is 36.3 Å². The summed E-state index contributed by atoms with van der Waals surface area (Å²) in [5, 5.41) is 7.35. The van der Waals surface area contributed by atoms with E-state index in [0.717, 1.165) is 29.1 Å². The number of nitrogens with one attached hydrogen (secondary N) is 2. The average molecular weight is 403 g/mol. The maximum atomic E-state index is 11.9. The molecule has 0 saturated carbocycles. The Hall–Kier alpha value is -3.58. The summed E-state index contributed by atoms with van der Waals surface area (Å²) in [6, 6.07) is 11.9. The van der Waals surface area contributed by atoms with Gasteiger partial charge in [0.05, 0.1) is 17.6 Å². The zero-order valence-electron chi connectivity index (χ0n) is 17.2. The maximum Gasteiger partial charge on any atom is 0.251 e. The van der Waals surface area contributed by atoms with Gasteiger partial charge in [0.25, 0.3) is 5.56 Å². The molecule has 154 valence electrons. The first-order valence-electron chi connectivity index (χ1n) is 9.85. The summed E-state index contributed by atoms with van der Waals surface area (Å²) in [4.78, 5) is 23.8. The molecule has 0 atom stereocenters. The number of aryl methyl sites for hydroxylation is 2. The fraction of sp³-hybridized carbons (Fsp3) is 0.217.